The lowest BCUT2D eigenvalue weighted by molar-refractivity contribution is -0.144. The average molecular weight is 374 g/mol. The van der Waals surface area contributed by atoms with Gasteiger partial charge < -0.3 is 14.3 Å². The molecule has 5 rings (SSSR count). The number of furan rings is 2. The third-order valence-corrected chi connectivity index (χ3v) is 5.53. The molecule has 0 spiro atoms. The predicted molar refractivity (Wildman–Crippen MR) is 108 cm³/mol. The summed E-state index contributed by atoms with van der Waals surface area (Å²) in [5.41, 5.74) is 2.79. The summed E-state index contributed by atoms with van der Waals surface area (Å²) in [4.78, 5) is 12.1. The lowest BCUT2D eigenvalue weighted by Gasteiger charge is -2.38. The van der Waals surface area contributed by atoms with Crippen LogP contribution in [0.5, 0.6) is 5.75 Å². The molecule has 2 atom stereocenters. The molecule has 4 aromatic rings. The highest BCUT2D eigenvalue weighted by atomic mass is 16.5. The Labute approximate surface area is 163 Å². The van der Waals surface area contributed by atoms with E-state index in [0.29, 0.717) is 13.0 Å². The molecule has 1 aliphatic rings. The van der Waals surface area contributed by atoms with E-state index in [4.69, 9.17) is 9.15 Å². The fourth-order valence-corrected chi connectivity index (χ4v) is 3.91. The summed E-state index contributed by atoms with van der Waals surface area (Å²) in [6.45, 7) is 2.37. The SMILES string of the molecule is CC(C(=O)O)(c1ccccc1)C1CCOc2ccccc21.c1cc2ccc1o2. The Morgan fingerprint density at radius 1 is 0.929 bits per heavy atom. The third-order valence-electron chi connectivity index (χ3n) is 5.53. The standard InChI is InChI=1S/C18H18O3.C6H4O/c1-18(17(19)20,13-7-3-2-4-8-13)15-11-12-21-16-10-6-5-9-14(15)16;1-2-6-4-3-5(1)7-6/h2-10,15H,11-12H2,1H3,(H,19,20);1-4H. The number of carbonyl (C=O) groups is 1. The highest BCUT2D eigenvalue weighted by Gasteiger charge is 2.45. The summed E-state index contributed by atoms with van der Waals surface area (Å²) in [6, 6.07) is 25.0. The number of benzene rings is 3. The maximum Gasteiger partial charge on any atom is 0.314 e. The number of hydrogen-bond acceptors (Lipinski definition) is 3. The summed E-state index contributed by atoms with van der Waals surface area (Å²) >= 11 is 0. The van der Waals surface area contributed by atoms with Crippen molar-refractivity contribution in [3.8, 4) is 5.75 Å². The van der Waals surface area contributed by atoms with E-state index in [9.17, 15) is 9.90 Å². The van der Waals surface area contributed by atoms with Gasteiger partial charge in [0.25, 0.3) is 0 Å². The van der Waals surface area contributed by atoms with Gasteiger partial charge >= 0.3 is 5.97 Å². The summed E-state index contributed by atoms with van der Waals surface area (Å²) in [5.74, 6) is -0.0880. The van der Waals surface area contributed by atoms with Crippen LogP contribution in [0.3, 0.4) is 0 Å². The van der Waals surface area contributed by atoms with Crippen molar-refractivity contribution in [1.82, 2.24) is 0 Å². The van der Waals surface area contributed by atoms with Crippen molar-refractivity contribution < 1.29 is 19.1 Å². The van der Waals surface area contributed by atoms with Crippen molar-refractivity contribution in [1.29, 1.82) is 0 Å². The fourth-order valence-electron chi connectivity index (χ4n) is 3.91. The minimum Gasteiger partial charge on any atom is -0.493 e. The molecule has 2 aromatic carbocycles. The molecular weight excluding hydrogens is 352 g/mol. The smallest absolute Gasteiger partial charge is 0.314 e. The summed E-state index contributed by atoms with van der Waals surface area (Å²) in [5, 5.41) is 9.92. The van der Waals surface area contributed by atoms with E-state index in [1.807, 2.05) is 85.8 Å². The van der Waals surface area contributed by atoms with Crippen molar-refractivity contribution in [2.45, 2.75) is 24.7 Å². The first kappa shape index (κ1) is 18.1. The largest absolute Gasteiger partial charge is 0.493 e. The van der Waals surface area contributed by atoms with Gasteiger partial charge in [-0.1, -0.05) is 48.5 Å². The normalized spacial score (nSPS) is 17.7. The lowest BCUT2D eigenvalue weighted by atomic mass is 9.67. The molecule has 0 fully saturated rings. The van der Waals surface area contributed by atoms with Crippen molar-refractivity contribution in [3.63, 3.8) is 0 Å². The Morgan fingerprint density at radius 3 is 2.11 bits per heavy atom. The van der Waals surface area contributed by atoms with Gasteiger partial charge in [0.2, 0.25) is 0 Å². The predicted octanol–water partition coefficient (Wildman–Crippen LogP) is 5.47. The molecule has 0 saturated heterocycles. The quantitative estimate of drug-likeness (QED) is 0.517. The number of hydrogen-bond donors (Lipinski definition) is 1. The number of carboxylic acid groups (broad SMARTS) is 1. The zero-order chi connectivity index (χ0) is 19.6. The summed E-state index contributed by atoms with van der Waals surface area (Å²) < 4.78 is 10.8. The average Bonchev–Trinajstić information content (AvgIpc) is 3.40. The highest BCUT2D eigenvalue weighted by Crippen LogP contribution is 2.46. The van der Waals surface area contributed by atoms with Crippen LogP contribution in [-0.4, -0.2) is 17.7 Å². The number of fused-ring (bicyclic) bond motifs is 3. The molecule has 3 heterocycles. The molecule has 4 heteroatoms. The Hall–Kier alpha value is -3.27. The van der Waals surface area contributed by atoms with Gasteiger partial charge in [-0.15, -0.1) is 0 Å². The first-order valence-electron chi connectivity index (χ1n) is 9.37. The van der Waals surface area contributed by atoms with Crippen molar-refractivity contribution in [2.24, 2.45) is 0 Å². The number of ether oxygens (including phenoxy) is 1. The monoisotopic (exact) mass is 374 g/mol. The van der Waals surface area contributed by atoms with Crippen LogP contribution >= 0.6 is 0 Å². The van der Waals surface area contributed by atoms with Crippen LogP contribution < -0.4 is 4.74 Å². The highest BCUT2D eigenvalue weighted by molar-refractivity contribution is 5.83. The molecular formula is C24H22O4. The van der Waals surface area contributed by atoms with E-state index < -0.39 is 11.4 Å². The van der Waals surface area contributed by atoms with E-state index in [2.05, 4.69) is 0 Å². The van der Waals surface area contributed by atoms with Gasteiger partial charge in [0, 0.05) is 5.92 Å². The molecule has 142 valence electrons. The Morgan fingerprint density at radius 2 is 1.54 bits per heavy atom. The lowest BCUT2D eigenvalue weighted by Crippen LogP contribution is -2.41. The van der Waals surface area contributed by atoms with Crippen molar-refractivity contribution in [2.75, 3.05) is 6.61 Å². The van der Waals surface area contributed by atoms with Crippen LogP contribution in [0.25, 0.3) is 11.2 Å². The number of aliphatic carboxylic acids is 1. The van der Waals surface area contributed by atoms with Crippen molar-refractivity contribution >= 4 is 17.1 Å². The topological polar surface area (TPSA) is 59.7 Å². The minimum atomic E-state index is -0.957. The van der Waals surface area contributed by atoms with Gasteiger partial charge in [0.05, 0.1) is 12.0 Å². The molecule has 0 aliphatic carbocycles. The second-order valence-corrected chi connectivity index (χ2v) is 7.17. The molecule has 28 heavy (non-hydrogen) atoms. The first-order chi connectivity index (χ1) is 13.6. The van der Waals surface area contributed by atoms with Crippen LogP contribution in [0.15, 0.2) is 83.3 Å². The number of carboxylic acids is 1. The molecule has 2 bridgehead atoms. The fraction of sp³-hybridized carbons (Fsp3) is 0.208. The molecule has 1 aliphatic heterocycles. The van der Waals surface area contributed by atoms with Gasteiger partial charge in [-0.2, -0.15) is 0 Å². The summed E-state index contributed by atoms with van der Waals surface area (Å²) in [6.07, 6.45) is 0.703. The summed E-state index contributed by atoms with van der Waals surface area (Å²) in [7, 11) is 0. The number of para-hydroxylation sites is 1. The molecule has 0 radical (unpaired) electrons. The molecule has 1 N–H and O–H groups in total. The Kier molecular flexibility index (Phi) is 4.78. The van der Waals surface area contributed by atoms with Crippen LogP contribution in [-0.2, 0) is 10.2 Å². The van der Waals surface area contributed by atoms with E-state index >= 15 is 0 Å². The third kappa shape index (κ3) is 3.22. The molecule has 4 nitrogen and oxygen atoms in total. The van der Waals surface area contributed by atoms with Crippen LogP contribution in [0.2, 0.25) is 0 Å². The minimum absolute atomic E-state index is 0.0950. The van der Waals surface area contributed by atoms with Gasteiger partial charge in [-0.3, -0.25) is 4.79 Å². The van der Waals surface area contributed by atoms with Gasteiger partial charge in [-0.25, -0.2) is 0 Å². The van der Waals surface area contributed by atoms with Crippen LogP contribution in [0.4, 0.5) is 0 Å². The second kappa shape index (κ2) is 7.39. The van der Waals surface area contributed by atoms with Crippen molar-refractivity contribution in [3.05, 3.63) is 90.0 Å². The number of rotatable bonds is 3. The zero-order valence-corrected chi connectivity index (χ0v) is 15.7. The van der Waals surface area contributed by atoms with Crippen LogP contribution in [0.1, 0.15) is 30.4 Å². The van der Waals surface area contributed by atoms with E-state index in [-0.39, 0.29) is 5.92 Å². The molecule has 2 unspecified atom stereocenters. The van der Waals surface area contributed by atoms with Gasteiger partial charge in [-0.05, 0) is 54.8 Å². The second-order valence-electron chi connectivity index (χ2n) is 7.17. The zero-order valence-electron chi connectivity index (χ0n) is 15.7. The Bertz CT molecular complexity index is 1010. The Balaban J connectivity index is 0.000000227. The molecule has 2 aromatic heterocycles. The van der Waals surface area contributed by atoms with Gasteiger partial charge in [0.1, 0.15) is 16.9 Å². The molecule has 0 amide bonds. The first-order valence-corrected chi connectivity index (χ1v) is 9.37. The van der Waals surface area contributed by atoms with Gasteiger partial charge in [0.15, 0.2) is 0 Å². The maximum atomic E-state index is 12.1. The molecule has 0 saturated carbocycles. The maximum absolute atomic E-state index is 12.1. The van der Waals surface area contributed by atoms with E-state index in [0.717, 1.165) is 28.0 Å². The van der Waals surface area contributed by atoms with Crippen LogP contribution in [0, 0.1) is 0 Å². The van der Waals surface area contributed by atoms with E-state index in [1.165, 1.54) is 0 Å². The van der Waals surface area contributed by atoms with E-state index in [1.54, 1.807) is 0 Å².